The Morgan fingerprint density at radius 1 is 1.12 bits per heavy atom. The van der Waals surface area contributed by atoms with Crippen molar-refractivity contribution in [1.82, 2.24) is 19.5 Å². The zero-order chi connectivity index (χ0) is 22.0. The van der Waals surface area contributed by atoms with Gasteiger partial charge in [0.05, 0.1) is 12.9 Å². The molecule has 1 spiro atoms. The number of aliphatic hydroxyl groups is 3. The maximum Gasteiger partial charge on any atom is 0.226 e. The first-order valence-corrected chi connectivity index (χ1v) is 11.3. The van der Waals surface area contributed by atoms with E-state index in [1.54, 1.807) is 4.57 Å². The fourth-order valence-corrected chi connectivity index (χ4v) is 5.82. The molecule has 6 rings (SSSR count). The molecule has 32 heavy (non-hydrogen) atoms. The first kappa shape index (κ1) is 20.3. The fraction of sp³-hybridized carbons (Fsp3) is 0.500. The van der Waals surface area contributed by atoms with Crippen LogP contribution in [0.25, 0.3) is 11.2 Å². The van der Waals surface area contributed by atoms with Crippen molar-refractivity contribution in [2.24, 2.45) is 0 Å². The number of halogens is 1. The molecule has 3 aromatic rings. The van der Waals surface area contributed by atoms with Crippen molar-refractivity contribution >= 4 is 34.3 Å². The van der Waals surface area contributed by atoms with Crippen molar-refractivity contribution in [2.75, 3.05) is 18.1 Å². The van der Waals surface area contributed by atoms with Gasteiger partial charge in [-0.25, -0.2) is 4.98 Å². The monoisotopic (exact) mass is 457 g/mol. The Morgan fingerprint density at radius 2 is 1.91 bits per heavy atom. The summed E-state index contributed by atoms with van der Waals surface area (Å²) in [4.78, 5) is 15.6. The number of para-hydroxylation sites is 1. The summed E-state index contributed by atoms with van der Waals surface area (Å²) >= 11 is 6.35. The number of aliphatic hydroxyl groups excluding tert-OH is 3. The van der Waals surface area contributed by atoms with Crippen molar-refractivity contribution < 1.29 is 20.1 Å². The van der Waals surface area contributed by atoms with E-state index in [0.29, 0.717) is 17.0 Å². The van der Waals surface area contributed by atoms with Crippen LogP contribution >= 0.6 is 11.6 Å². The van der Waals surface area contributed by atoms with Crippen LogP contribution in [-0.4, -0.2) is 66.3 Å². The molecule has 168 valence electrons. The minimum atomic E-state index is -1.24. The van der Waals surface area contributed by atoms with Crippen LogP contribution in [0.3, 0.4) is 0 Å². The minimum Gasteiger partial charge on any atom is -0.394 e. The molecule has 1 aliphatic carbocycles. The van der Waals surface area contributed by atoms with Gasteiger partial charge in [-0.1, -0.05) is 31.0 Å². The van der Waals surface area contributed by atoms with Crippen molar-refractivity contribution in [2.45, 2.75) is 55.6 Å². The summed E-state index contributed by atoms with van der Waals surface area (Å²) in [5, 5.41) is 30.2. The molecule has 4 heterocycles. The van der Waals surface area contributed by atoms with Gasteiger partial charge in [-0.05, 0) is 36.1 Å². The Bertz CT molecular complexity index is 1180. The summed E-state index contributed by atoms with van der Waals surface area (Å²) in [5.74, 6) is 0.613. The zero-order valence-corrected chi connectivity index (χ0v) is 18.1. The predicted molar refractivity (Wildman–Crippen MR) is 117 cm³/mol. The summed E-state index contributed by atoms with van der Waals surface area (Å²) in [6, 6.07) is 8.42. The van der Waals surface area contributed by atoms with Gasteiger partial charge in [0.1, 0.15) is 18.3 Å². The molecule has 1 saturated carbocycles. The largest absolute Gasteiger partial charge is 0.394 e. The smallest absolute Gasteiger partial charge is 0.226 e. The van der Waals surface area contributed by atoms with Crippen LogP contribution < -0.4 is 4.90 Å². The van der Waals surface area contributed by atoms with E-state index in [1.807, 2.05) is 6.07 Å². The Kier molecular flexibility index (Phi) is 4.67. The van der Waals surface area contributed by atoms with Gasteiger partial charge in [0, 0.05) is 17.6 Å². The number of fused-ring (bicyclic) bond motifs is 3. The molecule has 1 saturated heterocycles. The van der Waals surface area contributed by atoms with E-state index in [1.165, 1.54) is 24.7 Å². The van der Waals surface area contributed by atoms with E-state index in [4.69, 9.17) is 16.3 Å². The number of rotatable bonds is 3. The molecule has 1 unspecified atom stereocenters. The number of hydrogen-bond acceptors (Lipinski definition) is 8. The lowest BCUT2D eigenvalue weighted by Crippen LogP contribution is -2.33. The predicted octanol–water partition coefficient (Wildman–Crippen LogP) is 2.05. The lowest BCUT2D eigenvalue weighted by Gasteiger charge is -2.25. The molecular weight excluding hydrogens is 434 g/mol. The summed E-state index contributed by atoms with van der Waals surface area (Å²) in [6.07, 6.45) is 1.91. The van der Waals surface area contributed by atoms with Gasteiger partial charge in [0.15, 0.2) is 23.2 Å². The fourth-order valence-electron chi connectivity index (χ4n) is 5.66. The first-order chi connectivity index (χ1) is 15.5. The molecule has 2 fully saturated rings. The van der Waals surface area contributed by atoms with Gasteiger partial charge in [-0.3, -0.25) is 4.57 Å². The number of anilines is 2. The zero-order valence-electron chi connectivity index (χ0n) is 17.3. The number of hydrogen-bond donors (Lipinski definition) is 3. The molecule has 3 aliphatic rings. The van der Waals surface area contributed by atoms with Crippen LogP contribution in [0, 0.1) is 0 Å². The third kappa shape index (κ3) is 2.82. The molecule has 4 atom stereocenters. The molecule has 9 nitrogen and oxygen atoms in total. The number of nitrogens with zero attached hydrogens (tertiary/aromatic N) is 5. The standard InChI is InChI=1S/C22H24ClN5O4/c23-21-25-18(27-10-22(7-3-4-8-22)12-5-1-2-6-13(12)27)15-19(26-21)28(11-24-15)20-17(31)16(30)14(9-29)32-20/h1-2,5-6,11,14,16-17,20,29-31H,3-4,7-10H2/t14-,16+,17?,20-/m1/s1. The highest BCUT2D eigenvalue weighted by atomic mass is 35.5. The van der Waals surface area contributed by atoms with Crippen LogP contribution in [0.4, 0.5) is 11.5 Å². The number of benzene rings is 1. The van der Waals surface area contributed by atoms with Gasteiger partial charge in [-0.15, -0.1) is 0 Å². The summed E-state index contributed by atoms with van der Waals surface area (Å²) in [7, 11) is 0. The molecule has 1 aromatic carbocycles. The quantitative estimate of drug-likeness (QED) is 0.512. The average Bonchev–Trinajstić information content (AvgIpc) is 3.56. The number of imidazole rings is 1. The Balaban J connectivity index is 1.47. The molecule has 10 heteroatoms. The SMILES string of the molecule is OC[C@H]1O[C@@H](n2cnc3c(N4CC5(CCCC5)c5ccccc54)nc(Cl)nc32)C(O)[C@H]1O. The van der Waals surface area contributed by atoms with Crippen molar-refractivity contribution in [3.8, 4) is 0 Å². The molecule has 3 N–H and O–H groups in total. The normalized spacial score (nSPS) is 28.8. The highest BCUT2D eigenvalue weighted by Crippen LogP contribution is 2.52. The molecule has 0 bridgehead atoms. The molecule has 2 aromatic heterocycles. The second kappa shape index (κ2) is 7.36. The maximum absolute atomic E-state index is 10.5. The van der Waals surface area contributed by atoms with E-state index in [0.717, 1.165) is 25.1 Å². The highest BCUT2D eigenvalue weighted by molar-refractivity contribution is 6.28. The topological polar surface area (TPSA) is 117 Å². The second-order valence-electron chi connectivity index (χ2n) is 8.96. The molecular formula is C22H24ClN5O4. The van der Waals surface area contributed by atoms with Crippen LogP contribution in [0.2, 0.25) is 5.28 Å². The van der Waals surface area contributed by atoms with Crippen LogP contribution in [0.5, 0.6) is 0 Å². The van der Waals surface area contributed by atoms with E-state index in [9.17, 15) is 15.3 Å². The number of aromatic nitrogens is 4. The lowest BCUT2D eigenvalue weighted by atomic mass is 9.81. The molecule has 0 radical (unpaired) electrons. The van der Waals surface area contributed by atoms with Crippen LogP contribution in [-0.2, 0) is 10.2 Å². The van der Waals surface area contributed by atoms with E-state index < -0.39 is 31.1 Å². The van der Waals surface area contributed by atoms with E-state index in [-0.39, 0.29) is 10.7 Å². The summed E-state index contributed by atoms with van der Waals surface area (Å²) in [6.45, 7) is 0.393. The first-order valence-electron chi connectivity index (χ1n) is 10.9. The third-order valence-corrected chi connectivity index (χ3v) is 7.38. The lowest BCUT2D eigenvalue weighted by molar-refractivity contribution is -0.0511. The Hall–Kier alpha value is -2.30. The molecule has 2 aliphatic heterocycles. The van der Waals surface area contributed by atoms with Crippen molar-refractivity contribution in [3.05, 3.63) is 41.4 Å². The van der Waals surface area contributed by atoms with Gasteiger partial charge >= 0.3 is 0 Å². The number of ether oxygens (including phenoxy) is 1. The maximum atomic E-state index is 10.5. The summed E-state index contributed by atoms with van der Waals surface area (Å²) < 4.78 is 7.23. The average molecular weight is 458 g/mol. The van der Waals surface area contributed by atoms with Crippen LogP contribution in [0.15, 0.2) is 30.6 Å². The van der Waals surface area contributed by atoms with Gasteiger partial charge < -0.3 is 25.0 Å². The van der Waals surface area contributed by atoms with E-state index in [2.05, 4.69) is 38.1 Å². The van der Waals surface area contributed by atoms with Gasteiger partial charge in [0.2, 0.25) is 5.28 Å². The Labute approximate surface area is 189 Å². The second-order valence-corrected chi connectivity index (χ2v) is 9.30. The highest BCUT2D eigenvalue weighted by Gasteiger charge is 2.47. The Morgan fingerprint density at radius 3 is 2.66 bits per heavy atom. The van der Waals surface area contributed by atoms with Crippen molar-refractivity contribution in [3.63, 3.8) is 0 Å². The minimum absolute atomic E-state index is 0.0610. The summed E-state index contributed by atoms with van der Waals surface area (Å²) in [5.41, 5.74) is 3.49. The molecule has 0 amide bonds. The van der Waals surface area contributed by atoms with E-state index >= 15 is 0 Å². The van der Waals surface area contributed by atoms with Crippen molar-refractivity contribution in [1.29, 1.82) is 0 Å². The van der Waals surface area contributed by atoms with Gasteiger partial charge in [0.25, 0.3) is 0 Å². The third-order valence-electron chi connectivity index (χ3n) is 7.21. The van der Waals surface area contributed by atoms with Gasteiger partial charge in [-0.2, -0.15) is 9.97 Å². The van der Waals surface area contributed by atoms with Crippen LogP contribution in [0.1, 0.15) is 37.5 Å².